The Labute approximate surface area is 203 Å². The highest BCUT2D eigenvalue weighted by Gasteiger charge is 2.19. The van der Waals surface area contributed by atoms with Gasteiger partial charge in [0, 0.05) is 30.0 Å². The van der Waals surface area contributed by atoms with E-state index < -0.39 is 0 Å². The standard InChI is InChI=1S/C27H23N5OS/c1-17-26(34-16-31-17)27(33)30-14-20-6-8-21(9-7-20)15-32-18(2)24(25(29-5)19(32)3)22-10-12-23(28-4)13-11-22/h6-13,16H,14-15H2,1-3H3,(H,30,33). The molecule has 7 heteroatoms. The number of rotatable bonds is 6. The maximum Gasteiger partial charge on any atom is 0.263 e. The van der Waals surface area contributed by atoms with Gasteiger partial charge in [0.25, 0.3) is 5.91 Å². The van der Waals surface area contributed by atoms with Gasteiger partial charge in [-0.1, -0.05) is 48.5 Å². The fraction of sp³-hybridized carbons (Fsp3) is 0.185. The summed E-state index contributed by atoms with van der Waals surface area (Å²) in [4.78, 5) is 24.4. The highest BCUT2D eigenvalue weighted by molar-refractivity contribution is 7.11. The van der Waals surface area contributed by atoms with Crippen LogP contribution in [-0.2, 0) is 13.1 Å². The minimum atomic E-state index is -0.105. The third-order valence-corrected chi connectivity index (χ3v) is 6.84. The lowest BCUT2D eigenvalue weighted by Crippen LogP contribution is -2.22. The summed E-state index contributed by atoms with van der Waals surface area (Å²) < 4.78 is 2.16. The molecule has 6 nitrogen and oxygen atoms in total. The second-order valence-electron chi connectivity index (χ2n) is 8.02. The Balaban J connectivity index is 1.52. The van der Waals surface area contributed by atoms with E-state index in [1.807, 2.05) is 45.0 Å². The number of carbonyl (C=O) groups excluding carboxylic acids is 1. The van der Waals surface area contributed by atoms with E-state index in [4.69, 9.17) is 13.1 Å². The van der Waals surface area contributed by atoms with Crippen molar-refractivity contribution in [3.63, 3.8) is 0 Å². The molecule has 0 aliphatic carbocycles. The smallest absolute Gasteiger partial charge is 0.263 e. The molecule has 0 bridgehead atoms. The molecule has 4 rings (SSSR count). The van der Waals surface area contributed by atoms with Gasteiger partial charge in [-0.3, -0.25) is 4.79 Å². The summed E-state index contributed by atoms with van der Waals surface area (Å²) in [5.74, 6) is -0.105. The second-order valence-corrected chi connectivity index (χ2v) is 8.87. The molecule has 0 atom stereocenters. The van der Waals surface area contributed by atoms with Crippen LogP contribution >= 0.6 is 11.3 Å². The average Bonchev–Trinajstić information content (AvgIpc) is 3.39. The molecule has 2 heterocycles. The summed E-state index contributed by atoms with van der Waals surface area (Å²) in [6.07, 6.45) is 0. The van der Waals surface area contributed by atoms with Crippen LogP contribution in [0.3, 0.4) is 0 Å². The van der Waals surface area contributed by atoms with Crippen LogP contribution in [0.25, 0.3) is 20.8 Å². The predicted molar refractivity (Wildman–Crippen MR) is 135 cm³/mol. The first kappa shape index (κ1) is 23.0. The lowest BCUT2D eigenvalue weighted by molar-refractivity contribution is 0.0954. The van der Waals surface area contributed by atoms with Gasteiger partial charge >= 0.3 is 0 Å². The first-order chi connectivity index (χ1) is 16.4. The molecule has 0 spiro atoms. The van der Waals surface area contributed by atoms with Crippen LogP contribution in [0.2, 0.25) is 0 Å². The maximum atomic E-state index is 12.3. The van der Waals surface area contributed by atoms with Crippen LogP contribution in [0.4, 0.5) is 11.4 Å². The van der Waals surface area contributed by atoms with Crippen molar-refractivity contribution in [2.45, 2.75) is 33.9 Å². The zero-order valence-corrected chi connectivity index (χ0v) is 20.0. The molecular formula is C27H23N5OS. The van der Waals surface area contributed by atoms with Crippen molar-refractivity contribution in [2.24, 2.45) is 0 Å². The number of hydrogen-bond donors (Lipinski definition) is 1. The van der Waals surface area contributed by atoms with Crippen LogP contribution in [0.1, 0.15) is 37.9 Å². The van der Waals surface area contributed by atoms with Crippen molar-refractivity contribution in [3.05, 3.63) is 110 Å². The number of benzene rings is 2. The van der Waals surface area contributed by atoms with E-state index >= 15 is 0 Å². The number of carbonyl (C=O) groups is 1. The summed E-state index contributed by atoms with van der Waals surface area (Å²) in [6.45, 7) is 21.8. The normalized spacial score (nSPS) is 10.5. The largest absolute Gasteiger partial charge is 0.355 e. The molecule has 0 saturated heterocycles. The van der Waals surface area contributed by atoms with Gasteiger partial charge in [-0.15, -0.1) is 11.3 Å². The highest BCUT2D eigenvalue weighted by Crippen LogP contribution is 2.39. The molecule has 1 N–H and O–H groups in total. The van der Waals surface area contributed by atoms with Crippen LogP contribution in [0.15, 0.2) is 54.0 Å². The van der Waals surface area contributed by atoms with Crippen molar-refractivity contribution in [2.75, 3.05) is 0 Å². The summed E-state index contributed by atoms with van der Waals surface area (Å²) in [5, 5.41) is 2.95. The third-order valence-electron chi connectivity index (χ3n) is 5.92. The van der Waals surface area contributed by atoms with Gasteiger partial charge in [0.15, 0.2) is 5.69 Å². The highest BCUT2D eigenvalue weighted by atomic mass is 32.1. The van der Waals surface area contributed by atoms with Gasteiger partial charge in [0.05, 0.1) is 24.3 Å². The molecule has 4 aromatic rings. The van der Waals surface area contributed by atoms with Crippen molar-refractivity contribution in [1.29, 1.82) is 0 Å². The lowest BCUT2D eigenvalue weighted by atomic mass is 10.0. The average molecular weight is 466 g/mol. The van der Waals surface area contributed by atoms with E-state index in [0.29, 0.717) is 29.3 Å². The van der Waals surface area contributed by atoms with E-state index in [2.05, 4.69) is 36.7 Å². The molecule has 0 aliphatic rings. The minimum Gasteiger partial charge on any atom is -0.355 e. The predicted octanol–water partition coefficient (Wildman–Crippen LogP) is 6.62. The van der Waals surface area contributed by atoms with Gasteiger partial charge in [-0.2, -0.15) is 0 Å². The fourth-order valence-corrected chi connectivity index (χ4v) is 4.74. The zero-order chi connectivity index (χ0) is 24.2. The molecule has 0 aliphatic heterocycles. The molecule has 2 aromatic heterocycles. The van der Waals surface area contributed by atoms with Gasteiger partial charge < -0.3 is 9.88 Å². The molecule has 0 unspecified atom stereocenters. The van der Waals surface area contributed by atoms with Crippen molar-refractivity contribution in [3.8, 4) is 11.1 Å². The summed E-state index contributed by atoms with van der Waals surface area (Å²) in [6, 6.07) is 15.5. The topological polar surface area (TPSA) is 55.6 Å². The quantitative estimate of drug-likeness (QED) is 0.326. The number of nitrogens with zero attached hydrogens (tertiary/aromatic N) is 4. The number of aryl methyl sites for hydroxylation is 1. The Morgan fingerprint density at radius 2 is 1.65 bits per heavy atom. The number of nitrogens with one attached hydrogen (secondary N) is 1. The summed E-state index contributed by atoms with van der Waals surface area (Å²) in [5.41, 5.74) is 9.59. The SMILES string of the molecule is [C-]#[N+]c1ccc(-c2c([N+]#[C-])c(C)n(Cc3ccc(CNC(=O)c4scnc4C)cc3)c2C)cc1. The lowest BCUT2D eigenvalue weighted by Gasteiger charge is -2.12. The molecule has 168 valence electrons. The number of hydrogen-bond acceptors (Lipinski definition) is 3. The van der Waals surface area contributed by atoms with Crippen LogP contribution in [-0.4, -0.2) is 15.5 Å². The van der Waals surface area contributed by atoms with Gasteiger partial charge in [0.2, 0.25) is 5.69 Å². The number of thiazole rings is 1. The summed E-state index contributed by atoms with van der Waals surface area (Å²) >= 11 is 1.34. The molecule has 34 heavy (non-hydrogen) atoms. The van der Waals surface area contributed by atoms with E-state index in [1.165, 1.54) is 11.3 Å². The van der Waals surface area contributed by atoms with Gasteiger partial charge in [-0.05, 0) is 37.5 Å². The first-order valence-electron chi connectivity index (χ1n) is 10.7. The Kier molecular flexibility index (Phi) is 6.58. The van der Waals surface area contributed by atoms with Crippen molar-refractivity contribution in [1.82, 2.24) is 14.9 Å². The molecule has 0 radical (unpaired) electrons. The monoisotopic (exact) mass is 465 g/mol. The fourth-order valence-electron chi connectivity index (χ4n) is 4.02. The molecular weight excluding hydrogens is 442 g/mol. The van der Waals surface area contributed by atoms with Crippen LogP contribution in [0, 0.1) is 33.9 Å². The van der Waals surface area contributed by atoms with Gasteiger partial charge in [0.1, 0.15) is 4.88 Å². The Bertz CT molecular complexity index is 1430. The van der Waals surface area contributed by atoms with E-state index in [0.717, 1.165) is 39.3 Å². The Hall–Kier alpha value is -4.20. The number of aromatic nitrogens is 2. The second kappa shape index (κ2) is 9.74. The van der Waals surface area contributed by atoms with Crippen molar-refractivity contribution < 1.29 is 4.79 Å². The van der Waals surface area contributed by atoms with Gasteiger partial charge in [-0.25, -0.2) is 14.7 Å². The maximum absolute atomic E-state index is 12.3. The van der Waals surface area contributed by atoms with Crippen LogP contribution in [0.5, 0.6) is 0 Å². The van der Waals surface area contributed by atoms with E-state index in [1.54, 1.807) is 17.6 Å². The first-order valence-corrected chi connectivity index (χ1v) is 11.6. The number of amides is 1. The molecule has 2 aromatic carbocycles. The molecule has 0 fully saturated rings. The molecule has 1 amide bonds. The Morgan fingerprint density at radius 1 is 0.971 bits per heavy atom. The van der Waals surface area contributed by atoms with E-state index in [9.17, 15) is 4.79 Å². The minimum absolute atomic E-state index is 0.105. The zero-order valence-electron chi connectivity index (χ0n) is 19.2. The van der Waals surface area contributed by atoms with Crippen LogP contribution < -0.4 is 5.32 Å². The Morgan fingerprint density at radius 3 is 2.24 bits per heavy atom. The summed E-state index contributed by atoms with van der Waals surface area (Å²) in [7, 11) is 0. The van der Waals surface area contributed by atoms with E-state index in [-0.39, 0.29) is 5.91 Å². The third kappa shape index (κ3) is 4.47. The van der Waals surface area contributed by atoms with Crippen molar-refractivity contribution >= 4 is 28.6 Å². The molecule has 0 saturated carbocycles.